The Bertz CT molecular complexity index is 436. The summed E-state index contributed by atoms with van der Waals surface area (Å²) in [5.74, 6) is 0. The second kappa shape index (κ2) is 5.73. The van der Waals surface area contributed by atoms with Crippen molar-refractivity contribution in [2.24, 2.45) is 0 Å². The molecule has 1 fully saturated rings. The maximum absolute atomic E-state index is 9.47. The number of hydrogen-bond acceptors (Lipinski definition) is 3. The lowest BCUT2D eigenvalue weighted by Crippen LogP contribution is -2.48. The van der Waals surface area contributed by atoms with Gasteiger partial charge in [0.25, 0.3) is 0 Å². The molecule has 98 valence electrons. The molecule has 1 heterocycles. The van der Waals surface area contributed by atoms with Crippen molar-refractivity contribution in [1.29, 1.82) is 5.26 Å². The van der Waals surface area contributed by atoms with Gasteiger partial charge in [0.05, 0.1) is 23.3 Å². The van der Waals surface area contributed by atoms with Crippen LogP contribution in [-0.2, 0) is 0 Å². The van der Waals surface area contributed by atoms with Crippen molar-refractivity contribution >= 4 is 11.6 Å². The summed E-state index contributed by atoms with van der Waals surface area (Å²) < 4.78 is 1.90. The number of hydrogen-bond donors (Lipinski definition) is 1. The third-order valence-electron chi connectivity index (χ3n) is 3.60. The zero-order chi connectivity index (χ0) is 13.0. The van der Waals surface area contributed by atoms with E-state index in [0.717, 1.165) is 38.6 Å². The first-order valence-corrected chi connectivity index (χ1v) is 6.93. The summed E-state index contributed by atoms with van der Waals surface area (Å²) in [6.07, 6.45) is 8.39. The Kier molecular flexibility index (Phi) is 4.26. The van der Waals surface area contributed by atoms with Gasteiger partial charge in [-0.15, -0.1) is 0 Å². The molecule has 1 aromatic rings. The van der Waals surface area contributed by atoms with E-state index in [1.807, 2.05) is 10.9 Å². The molecule has 1 aromatic heterocycles. The highest BCUT2D eigenvalue weighted by Gasteiger charge is 2.36. The monoisotopic (exact) mass is 266 g/mol. The summed E-state index contributed by atoms with van der Waals surface area (Å²) >= 11 is 5.90. The minimum absolute atomic E-state index is 0.273. The number of rotatable bonds is 4. The van der Waals surface area contributed by atoms with Crippen LogP contribution >= 0.6 is 11.6 Å². The van der Waals surface area contributed by atoms with E-state index >= 15 is 0 Å². The van der Waals surface area contributed by atoms with Crippen LogP contribution in [0.25, 0.3) is 0 Å². The van der Waals surface area contributed by atoms with Gasteiger partial charge >= 0.3 is 0 Å². The topological polar surface area (TPSA) is 53.6 Å². The van der Waals surface area contributed by atoms with Gasteiger partial charge in [-0.3, -0.25) is 10.00 Å². The fourth-order valence-electron chi connectivity index (χ4n) is 2.65. The summed E-state index contributed by atoms with van der Waals surface area (Å²) in [4.78, 5) is 0. The van der Waals surface area contributed by atoms with E-state index < -0.39 is 5.54 Å². The van der Waals surface area contributed by atoms with E-state index in [4.69, 9.17) is 11.6 Å². The normalized spacial score (nSPS) is 27.9. The summed E-state index contributed by atoms with van der Waals surface area (Å²) in [6, 6.07) is 2.75. The average molecular weight is 267 g/mol. The Hall–Kier alpha value is -1.05. The van der Waals surface area contributed by atoms with Crippen LogP contribution in [0, 0.1) is 11.3 Å². The highest BCUT2D eigenvalue weighted by molar-refractivity contribution is 6.30. The number of nitriles is 1. The molecule has 0 aromatic carbocycles. The van der Waals surface area contributed by atoms with Crippen LogP contribution in [0.5, 0.6) is 0 Å². The first-order valence-electron chi connectivity index (χ1n) is 6.55. The number of halogens is 1. The third-order valence-corrected chi connectivity index (χ3v) is 3.79. The van der Waals surface area contributed by atoms with Crippen molar-refractivity contribution in [3.8, 4) is 6.07 Å². The number of nitrogens with zero attached hydrogens (tertiary/aromatic N) is 3. The van der Waals surface area contributed by atoms with Crippen LogP contribution in [0.2, 0.25) is 5.02 Å². The van der Waals surface area contributed by atoms with Crippen molar-refractivity contribution in [3.05, 3.63) is 17.4 Å². The standard InChI is InChI=1S/C13H19ClN4/c1-2-6-16-13(10-15)5-3-4-12(7-13)18-9-11(14)8-17-18/h8-9,12,16H,2-7H2,1H3. The average Bonchev–Trinajstić information content (AvgIpc) is 2.83. The predicted molar refractivity (Wildman–Crippen MR) is 71.4 cm³/mol. The van der Waals surface area contributed by atoms with Crippen LogP contribution in [0.4, 0.5) is 0 Å². The zero-order valence-corrected chi connectivity index (χ0v) is 11.5. The second-order valence-electron chi connectivity index (χ2n) is 5.01. The molecule has 0 saturated heterocycles. The van der Waals surface area contributed by atoms with Crippen LogP contribution < -0.4 is 5.32 Å². The lowest BCUT2D eigenvalue weighted by atomic mass is 9.80. The molecule has 18 heavy (non-hydrogen) atoms. The van der Waals surface area contributed by atoms with Crippen molar-refractivity contribution in [3.63, 3.8) is 0 Å². The molecule has 2 rings (SSSR count). The van der Waals surface area contributed by atoms with Crippen molar-refractivity contribution in [2.75, 3.05) is 6.54 Å². The third kappa shape index (κ3) is 2.85. The largest absolute Gasteiger partial charge is 0.299 e. The van der Waals surface area contributed by atoms with Crippen LogP contribution in [0.3, 0.4) is 0 Å². The van der Waals surface area contributed by atoms with E-state index in [9.17, 15) is 5.26 Å². The van der Waals surface area contributed by atoms with E-state index in [-0.39, 0.29) is 6.04 Å². The highest BCUT2D eigenvalue weighted by Crippen LogP contribution is 2.35. The molecule has 2 unspecified atom stereocenters. The predicted octanol–water partition coefficient (Wildman–Crippen LogP) is 2.91. The Labute approximate surface area is 113 Å². The van der Waals surface area contributed by atoms with Crippen molar-refractivity contribution in [1.82, 2.24) is 15.1 Å². The molecule has 5 heteroatoms. The first-order chi connectivity index (χ1) is 8.69. The van der Waals surface area contributed by atoms with Gasteiger partial charge in [-0.05, 0) is 32.2 Å². The number of aromatic nitrogens is 2. The lowest BCUT2D eigenvalue weighted by molar-refractivity contribution is 0.220. The van der Waals surface area contributed by atoms with Gasteiger partial charge in [0, 0.05) is 12.6 Å². The van der Waals surface area contributed by atoms with E-state index in [0.29, 0.717) is 5.02 Å². The smallest absolute Gasteiger partial charge is 0.108 e. The van der Waals surface area contributed by atoms with Crippen LogP contribution in [-0.4, -0.2) is 21.9 Å². The molecule has 0 bridgehead atoms. The van der Waals surface area contributed by atoms with Crippen LogP contribution in [0.15, 0.2) is 12.4 Å². The Morgan fingerprint density at radius 2 is 2.56 bits per heavy atom. The summed E-state index contributed by atoms with van der Waals surface area (Å²) in [5.41, 5.74) is -0.392. The molecular weight excluding hydrogens is 248 g/mol. The van der Waals surface area contributed by atoms with Gasteiger partial charge in [0.15, 0.2) is 0 Å². The van der Waals surface area contributed by atoms with E-state index in [1.54, 1.807) is 6.20 Å². The molecule has 0 amide bonds. The Balaban J connectivity index is 2.09. The molecule has 2 atom stereocenters. The summed E-state index contributed by atoms with van der Waals surface area (Å²) in [6.45, 7) is 3.01. The van der Waals surface area contributed by atoms with Gasteiger partial charge in [-0.1, -0.05) is 18.5 Å². The minimum atomic E-state index is -0.392. The quantitative estimate of drug-likeness (QED) is 0.912. The Morgan fingerprint density at radius 3 is 3.17 bits per heavy atom. The van der Waals surface area contributed by atoms with Gasteiger partial charge in [0.2, 0.25) is 0 Å². The fourth-order valence-corrected chi connectivity index (χ4v) is 2.80. The molecule has 0 spiro atoms. The molecule has 0 aliphatic heterocycles. The first kappa shape index (κ1) is 13.4. The van der Waals surface area contributed by atoms with Crippen LogP contribution in [0.1, 0.15) is 45.1 Å². The van der Waals surface area contributed by atoms with Gasteiger partial charge < -0.3 is 0 Å². The molecule has 1 aliphatic carbocycles. The molecule has 1 N–H and O–H groups in total. The van der Waals surface area contributed by atoms with Gasteiger partial charge in [0.1, 0.15) is 5.54 Å². The molecule has 1 saturated carbocycles. The Morgan fingerprint density at radius 1 is 1.72 bits per heavy atom. The lowest BCUT2D eigenvalue weighted by Gasteiger charge is -2.36. The maximum atomic E-state index is 9.47. The van der Waals surface area contributed by atoms with Gasteiger partial charge in [-0.25, -0.2) is 0 Å². The van der Waals surface area contributed by atoms with E-state index in [1.165, 1.54) is 0 Å². The second-order valence-corrected chi connectivity index (χ2v) is 5.45. The van der Waals surface area contributed by atoms with Crippen molar-refractivity contribution in [2.45, 2.75) is 50.6 Å². The SMILES string of the molecule is CCCNC1(C#N)CCCC(n2cc(Cl)cn2)C1. The van der Waals surface area contributed by atoms with Crippen molar-refractivity contribution < 1.29 is 0 Å². The fraction of sp³-hybridized carbons (Fsp3) is 0.692. The zero-order valence-electron chi connectivity index (χ0n) is 10.7. The minimum Gasteiger partial charge on any atom is -0.299 e. The summed E-state index contributed by atoms with van der Waals surface area (Å²) in [5, 5.41) is 17.8. The highest BCUT2D eigenvalue weighted by atomic mass is 35.5. The molecule has 0 radical (unpaired) electrons. The summed E-state index contributed by atoms with van der Waals surface area (Å²) in [7, 11) is 0. The molecule has 4 nitrogen and oxygen atoms in total. The van der Waals surface area contributed by atoms with E-state index in [2.05, 4.69) is 23.4 Å². The number of nitrogens with one attached hydrogen (secondary N) is 1. The maximum Gasteiger partial charge on any atom is 0.108 e. The molecule has 1 aliphatic rings. The molecular formula is C13H19ClN4. The van der Waals surface area contributed by atoms with Gasteiger partial charge in [-0.2, -0.15) is 10.4 Å².